The Morgan fingerprint density at radius 1 is 1.38 bits per heavy atom. The summed E-state index contributed by atoms with van der Waals surface area (Å²) < 4.78 is 1.50. The van der Waals surface area contributed by atoms with Crippen LogP contribution < -0.4 is 11.1 Å². The lowest BCUT2D eigenvalue weighted by atomic mass is 9.94. The van der Waals surface area contributed by atoms with E-state index in [0.717, 1.165) is 18.5 Å². The molecule has 21 heavy (non-hydrogen) atoms. The Morgan fingerprint density at radius 3 is 2.76 bits per heavy atom. The summed E-state index contributed by atoms with van der Waals surface area (Å²) in [5.74, 6) is -0.151. The van der Waals surface area contributed by atoms with Crippen molar-refractivity contribution < 1.29 is 4.79 Å². The van der Waals surface area contributed by atoms with Gasteiger partial charge in [-0.05, 0) is 41.5 Å². The zero-order valence-electron chi connectivity index (χ0n) is 12.3. The third-order valence-electron chi connectivity index (χ3n) is 3.73. The van der Waals surface area contributed by atoms with Crippen molar-refractivity contribution in [3.8, 4) is 5.69 Å². The number of aromatic nitrogens is 4. The Labute approximate surface area is 123 Å². The minimum absolute atomic E-state index is 0.151. The summed E-state index contributed by atoms with van der Waals surface area (Å²) in [6.07, 6.45) is 3.11. The van der Waals surface area contributed by atoms with Gasteiger partial charge in [0.1, 0.15) is 6.33 Å². The van der Waals surface area contributed by atoms with Crippen LogP contribution in [0.1, 0.15) is 37.0 Å². The van der Waals surface area contributed by atoms with E-state index in [1.54, 1.807) is 18.2 Å². The molecule has 0 aliphatic carbocycles. The fourth-order valence-electron chi connectivity index (χ4n) is 1.93. The minimum Gasteiger partial charge on any atom is -0.350 e. The molecule has 1 aromatic heterocycles. The average molecular weight is 288 g/mol. The van der Waals surface area contributed by atoms with Gasteiger partial charge >= 0.3 is 0 Å². The van der Waals surface area contributed by atoms with E-state index in [2.05, 4.69) is 20.8 Å². The van der Waals surface area contributed by atoms with Gasteiger partial charge in [0.05, 0.1) is 5.69 Å². The molecule has 2 rings (SSSR count). The highest BCUT2D eigenvalue weighted by molar-refractivity contribution is 5.94. The van der Waals surface area contributed by atoms with Crippen LogP contribution in [0.25, 0.3) is 5.69 Å². The highest BCUT2D eigenvalue weighted by Gasteiger charge is 2.21. The SMILES string of the molecule is CCC(N)(CC)CNC(=O)c1cccc(-n2cnnn2)c1. The second-order valence-electron chi connectivity index (χ2n) is 5.06. The number of nitrogens with zero attached hydrogens (tertiary/aromatic N) is 4. The predicted molar refractivity (Wildman–Crippen MR) is 79.0 cm³/mol. The number of benzene rings is 1. The molecule has 0 bridgehead atoms. The molecule has 0 radical (unpaired) electrons. The zero-order chi connectivity index (χ0) is 15.3. The van der Waals surface area contributed by atoms with E-state index < -0.39 is 0 Å². The lowest BCUT2D eigenvalue weighted by molar-refractivity contribution is 0.0942. The van der Waals surface area contributed by atoms with Crippen LogP contribution in [0.4, 0.5) is 0 Å². The average Bonchev–Trinajstić information content (AvgIpc) is 3.07. The standard InChI is InChI=1S/C14H20N6O/c1-3-14(15,4-2)9-16-13(21)11-6-5-7-12(8-11)20-10-17-18-19-20/h5-8,10H,3-4,9,15H2,1-2H3,(H,16,21). The molecule has 0 atom stereocenters. The van der Waals surface area contributed by atoms with Gasteiger partial charge in [-0.25, -0.2) is 4.68 Å². The monoisotopic (exact) mass is 288 g/mol. The normalized spacial score (nSPS) is 11.4. The number of carbonyl (C=O) groups is 1. The second-order valence-corrected chi connectivity index (χ2v) is 5.06. The number of nitrogens with two attached hydrogens (primary N) is 1. The van der Waals surface area contributed by atoms with Crippen LogP contribution in [0, 0.1) is 0 Å². The maximum atomic E-state index is 12.2. The molecule has 0 unspecified atom stereocenters. The molecule has 0 saturated heterocycles. The van der Waals surface area contributed by atoms with Crippen molar-refractivity contribution in [3.63, 3.8) is 0 Å². The van der Waals surface area contributed by atoms with E-state index in [-0.39, 0.29) is 11.4 Å². The van der Waals surface area contributed by atoms with E-state index in [9.17, 15) is 4.79 Å². The van der Waals surface area contributed by atoms with Crippen molar-refractivity contribution in [1.29, 1.82) is 0 Å². The van der Waals surface area contributed by atoms with Crippen molar-refractivity contribution in [2.45, 2.75) is 32.2 Å². The molecule has 1 aromatic carbocycles. The Morgan fingerprint density at radius 2 is 2.14 bits per heavy atom. The molecular weight excluding hydrogens is 268 g/mol. The number of hydrogen-bond acceptors (Lipinski definition) is 5. The highest BCUT2D eigenvalue weighted by Crippen LogP contribution is 2.11. The van der Waals surface area contributed by atoms with Crippen molar-refractivity contribution >= 4 is 5.91 Å². The molecule has 7 nitrogen and oxygen atoms in total. The lowest BCUT2D eigenvalue weighted by Crippen LogP contribution is -2.49. The van der Waals surface area contributed by atoms with Gasteiger partial charge in [-0.15, -0.1) is 5.10 Å². The number of tetrazole rings is 1. The van der Waals surface area contributed by atoms with Crippen LogP contribution in [0.3, 0.4) is 0 Å². The highest BCUT2D eigenvalue weighted by atomic mass is 16.1. The molecule has 0 spiro atoms. The maximum Gasteiger partial charge on any atom is 0.251 e. The van der Waals surface area contributed by atoms with E-state index in [1.807, 2.05) is 19.9 Å². The number of carbonyl (C=O) groups excluding carboxylic acids is 1. The smallest absolute Gasteiger partial charge is 0.251 e. The Kier molecular flexibility index (Phi) is 4.64. The van der Waals surface area contributed by atoms with Crippen molar-refractivity contribution in [3.05, 3.63) is 36.2 Å². The lowest BCUT2D eigenvalue weighted by Gasteiger charge is -2.26. The summed E-state index contributed by atoms with van der Waals surface area (Å²) in [6.45, 7) is 4.50. The zero-order valence-corrected chi connectivity index (χ0v) is 12.3. The summed E-state index contributed by atoms with van der Waals surface area (Å²) in [5, 5.41) is 13.8. The number of hydrogen-bond donors (Lipinski definition) is 2. The maximum absolute atomic E-state index is 12.2. The molecular formula is C14H20N6O. The van der Waals surface area contributed by atoms with Gasteiger partial charge < -0.3 is 11.1 Å². The quantitative estimate of drug-likeness (QED) is 0.823. The third kappa shape index (κ3) is 3.63. The molecule has 0 aliphatic heterocycles. The van der Waals surface area contributed by atoms with Gasteiger partial charge in [0, 0.05) is 17.6 Å². The van der Waals surface area contributed by atoms with Crippen LogP contribution in [0.5, 0.6) is 0 Å². The van der Waals surface area contributed by atoms with Gasteiger partial charge in [0.15, 0.2) is 0 Å². The van der Waals surface area contributed by atoms with Crippen molar-refractivity contribution in [1.82, 2.24) is 25.5 Å². The van der Waals surface area contributed by atoms with Crippen LogP contribution in [-0.2, 0) is 0 Å². The Balaban J connectivity index is 2.08. The molecule has 7 heteroatoms. The number of nitrogens with one attached hydrogen (secondary N) is 1. The van der Waals surface area contributed by atoms with Crippen LogP contribution in [0.15, 0.2) is 30.6 Å². The van der Waals surface area contributed by atoms with Crippen LogP contribution in [0.2, 0.25) is 0 Å². The van der Waals surface area contributed by atoms with E-state index in [1.165, 1.54) is 11.0 Å². The molecule has 0 fully saturated rings. The topological polar surface area (TPSA) is 98.7 Å². The van der Waals surface area contributed by atoms with Gasteiger partial charge in [-0.3, -0.25) is 4.79 Å². The largest absolute Gasteiger partial charge is 0.350 e. The fraction of sp³-hybridized carbons (Fsp3) is 0.429. The molecule has 1 amide bonds. The van der Waals surface area contributed by atoms with Gasteiger partial charge in [0.2, 0.25) is 0 Å². The Hall–Kier alpha value is -2.28. The fourth-order valence-corrected chi connectivity index (χ4v) is 1.93. The van der Waals surface area contributed by atoms with Crippen molar-refractivity contribution in [2.75, 3.05) is 6.54 Å². The molecule has 0 aliphatic rings. The summed E-state index contributed by atoms with van der Waals surface area (Å²) in [6, 6.07) is 7.11. The van der Waals surface area contributed by atoms with Gasteiger partial charge in [-0.2, -0.15) is 0 Å². The summed E-state index contributed by atoms with van der Waals surface area (Å²) >= 11 is 0. The second kappa shape index (κ2) is 6.45. The summed E-state index contributed by atoms with van der Waals surface area (Å²) in [7, 11) is 0. The number of rotatable bonds is 6. The molecule has 1 heterocycles. The first-order valence-corrected chi connectivity index (χ1v) is 6.98. The van der Waals surface area contributed by atoms with Crippen molar-refractivity contribution in [2.24, 2.45) is 5.73 Å². The number of amides is 1. The first-order chi connectivity index (χ1) is 10.1. The molecule has 2 aromatic rings. The van der Waals surface area contributed by atoms with E-state index in [4.69, 9.17) is 5.73 Å². The third-order valence-corrected chi connectivity index (χ3v) is 3.73. The summed E-state index contributed by atoms with van der Waals surface area (Å²) in [4.78, 5) is 12.2. The van der Waals surface area contributed by atoms with Gasteiger partial charge in [0.25, 0.3) is 5.91 Å². The molecule has 0 saturated carbocycles. The summed E-state index contributed by atoms with van der Waals surface area (Å²) in [5.41, 5.74) is 7.11. The Bertz CT molecular complexity index is 591. The van der Waals surface area contributed by atoms with Crippen LogP contribution in [-0.4, -0.2) is 38.2 Å². The van der Waals surface area contributed by atoms with Gasteiger partial charge in [-0.1, -0.05) is 19.9 Å². The van der Waals surface area contributed by atoms with E-state index >= 15 is 0 Å². The first kappa shape index (κ1) is 15.1. The minimum atomic E-state index is -0.358. The molecule has 3 N–H and O–H groups in total. The van der Waals surface area contributed by atoms with Crippen LogP contribution >= 0.6 is 0 Å². The molecule has 112 valence electrons. The first-order valence-electron chi connectivity index (χ1n) is 6.98. The predicted octanol–water partition coefficient (Wildman–Crippen LogP) is 0.910. The van der Waals surface area contributed by atoms with E-state index in [0.29, 0.717) is 12.1 Å².